The minimum atomic E-state index is -3.16. The van der Waals surface area contributed by atoms with Gasteiger partial charge in [0.05, 0.1) is 36.7 Å². The van der Waals surface area contributed by atoms with E-state index in [4.69, 9.17) is 0 Å². The number of aliphatic carboxylic acids is 4. The Hall–Kier alpha value is -3.64. The SMILES string of the molecule is CS(=O)(=O)c1ccc([PH+](c2ccccc2)c2ccccc2)cc1.O=C([O-])CN(CCN(CC(=O)[O-])CC(=O)[O-])CC(=O)[O-].[Fe+3]. The van der Waals surface area contributed by atoms with Crippen LogP contribution in [0, 0.1) is 0 Å². The summed E-state index contributed by atoms with van der Waals surface area (Å²) in [7, 11) is -4.30. The van der Waals surface area contributed by atoms with Crippen molar-refractivity contribution >= 4 is 57.5 Å². The van der Waals surface area contributed by atoms with Gasteiger partial charge in [0.1, 0.15) is 15.9 Å². The molecule has 0 fully saturated rings. The van der Waals surface area contributed by atoms with Crippen molar-refractivity contribution in [2.24, 2.45) is 0 Å². The molecule has 0 atom stereocenters. The van der Waals surface area contributed by atoms with Crippen LogP contribution in [0.2, 0.25) is 0 Å². The van der Waals surface area contributed by atoms with Gasteiger partial charge in [-0.05, 0) is 48.5 Å². The van der Waals surface area contributed by atoms with Gasteiger partial charge in [-0.3, -0.25) is 9.80 Å². The molecule has 1 radical (unpaired) electrons. The van der Waals surface area contributed by atoms with E-state index in [1.807, 2.05) is 48.5 Å². The van der Waals surface area contributed by atoms with E-state index < -0.39 is 67.8 Å². The molecule has 12 nitrogen and oxygen atoms in total. The van der Waals surface area contributed by atoms with Gasteiger partial charge in [0.2, 0.25) is 0 Å². The van der Waals surface area contributed by atoms with Crippen molar-refractivity contribution in [3.63, 3.8) is 0 Å². The molecule has 15 heteroatoms. The Morgan fingerprint density at radius 3 is 1.14 bits per heavy atom. The molecule has 0 aliphatic rings. The van der Waals surface area contributed by atoms with Crippen LogP contribution in [0.4, 0.5) is 0 Å². The minimum absolute atomic E-state index is 0. The third-order valence-corrected chi connectivity index (χ3v) is 9.70. The van der Waals surface area contributed by atoms with Gasteiger partial charge in [0, 0.05) is 45.5 Å². The van der Waals surface area contributed by atoms with Crippen LogP contribution in [0.15, 0.2) is 89.8 Å². The first-order chi connectivity index (χ1) is 20.3. The first kappa shape index (κ1) is 38.4. The number of sulfone groups is 1. The van der Waals surface area contributed by atoms with E-state index in [0.29, 0.717) is 4.90 Å². The molecule has 0 aromatic heterocycles. The maximum absolute atomic E-state index is 11.7. The molecule has 0 heterocycles. The number of carbonyl (C=O) groups excluding carboxylic acids is 4. The van der Waals surface area contributed by atoms with Gasteiger partial charge in [-0.1, -0.05) is 36.4 Å². The monoisotopic (exact) mass is 685 g/mol. The number of benzene rings is 3. The zero-order valence-corrected chi connectivity index (χ0v) is 26.5. The van der Waals surface area contributed by atoms with E-state index in [1.54, 1.807) is 12.1 Å². The molecule has 0 aliphatic heterocycles. The van der Waals surface area contributed by atoms with Crippen molar-refractivity contribution in [1.82, 2.24) is 9.80 Å². The third-order valence-electron chi connectivity index (χ3n) is 5.84. The largest absolute Gasteiger partial charge is 3.00 e. The predicted octanol–water partition coefficient (Wildman–Crippen LogP) is -4.83. The van der Waals surface area contributed by atoms with Gasteiger partial charge < -0.3 is 39.6 Å². The molecule has 3 aromatic rings. The summed E-state index contributed by atoms with van der Waals surface area (Å²) in [6.07, 6.45) is 1.24. The molecular formula is C29H30FeN2O10PS. The van der Waals surface area contributed by atoms with E-state index in [2.05, 4.69) is 24.3 Å². The van der Waals surface area contributed by atoms with E-state index in [-0.39, 0.29) is 30.2 Å². The normalized spacial score (nSPS) is 10.9. The Kier molecular flexibility index (Phi) is 16.5. The van der Waals surface area contributed by atoms with Gasteiger partial charge in [-0.15, -0.1) is 0 Å². The summed E-state index contributed by atoms with van der Waals surface area (Å²) >= 11 is 0. The molecule has 0 saturated heterocycles. The molecule has 235 valence electrons. The van der Waals surface area contributed by atoms with Crippen molar-refractivity contribution in [2.45, 2.75) is 4.90 Å². The van der Waals surface area contributed by atoms with Crippen molar-refractivity contribution < 1.29 is 65.1 Å². The molecular weight excluding hydrogens is 655 g/mol. The Morgan fingerprint density at radius 2 is 0.864 bits per heavy atom. The molecule has 0 spiro atoms. The van der Waals surface area contributed by atoms with Crippen LogP contribution in [0.5, 0.6) is 0 Å². The van der Waals surface area contributed by atoms with Crippen LogP contribution in [-0.4, -0.2) is 87.6 Å². The van der Waals surface area contributed by atoms with Crippen LogP contribution in [0.25, 0.3) is 0 Å². The summed E-state index contributed by atoms with van der Waals surface area (Å²) in [5.41, 5.74) is 0. The maximum Gasteiger partial charge on any atom is 3.00 e. The Balaban J connectivity index is 0.000000436. The van der Waals surface area contributed by atoms with Crippen molar-refractivity contribution in [2.75, 3.05) is 45.5 Å². The average Bonchev–Trinajstić information content (AvgIpc) is 2.92. The summed E-state index contributed by atoms with van der Waals surface area (Å²) in [6, 6.07) is 28.1. The van der Waals surface area contributed by atoms with Crippen molar-refractivity contribution in [3.05, 3.63) is 84.9 Å². The van der Waals surface area contributed by atoms with E-state index in [0.717, 1.165) is 9.80 Å². The van der Waals surface area contributed by atoms with Crippen molar-refractivity contribution in [1.29, 1.82) is 0 Å². The first-order valence-corrected chi connectivity index (χ1v) is 16.2. The average molecular weight is 685 g/mol. The Bertz CT molecular complexity index is 1370. The number of hydrogen-bond donors (Lipinski definition) is 0. The van der Waals surface area contributed by atoms with E-state index in [9.17, 15) is 48.0 Å². The zero-order chi connectivity index (χ0) is 32.0. The summed E-state index contributed by atoms with van der Waals surface area (Å²) < 4.78 is 23.3. The second-order valence-corrected chi connectivity index (χ2v) is 13.8. The second-order valence-electron chi connectivity index (χ2n) is 9.31. The fourth-order valence-electron chi connectivity index (χ4n) is 4.02. The number of hydrogen-bond acceptors (Lipinski definition) is 12. The first-order valence-electron chi connectivity index (χ1n) is 12.8. The molecule has 0 saturated carbocycles. The predicted molar refractivity (Wildman–Crippen MR) is 153 cm³/mol. The number of carbonyl (C=O) groups is 4. The second kappa shape index (κ2) is 18.9. The third kappa shape index (κ3) is 14.2. The molecule has 0 N–H and O–H groups in total. The van der Waals surface area contributed by atoms with Crippen LogP contribution in [0.1, 0.15) is 0 Å². The van der Waals surface area contributed by atoms with E-state index >= 15 is 0 Å². The van der Waals surface area contributed by atoms with Crippen LogP contribution in [0.3, 0.4) is 0 Å². The summed E-state index contributed by atoms with van der Waals surface area (Å²) in [5.74, 6) is -6.12. The minimum Gasteiger partial charge on any atom is -0.549 e. The summed E-state index contributed by atoms with van der Waals surface area (Å²) in [6.45, 7) is -3.25. The fraction of sp³-hybridized carbons (Fsp3) is 0.241. The number of nitrogens with zero attached hydrogens (tertiary/aromatic N) is 2. The standard InChI is InChI=1S/C19H17O2PS.C10H16N2O8.Fe/c1-23(20,21)19-14-12-18(13-15-19)22(16-8-4-2-5-9-16)17-10-6-3-7-11-17;13-7(14)3-11(4-8(15)16)1-2-12(5-9(17)18)6-10(19)20;/h2-15H,1H3;1-6H2,(H,13,14)(H,15,16)(H,17,18)(H,19,20);/q;;+3/p-3. The maximum atomic E-state index is 11.7. The molecule has 44 heavy (non-hydrogen) atoms. The van der Waals surface area contributed by atoms with Crippen molar-refractivity contribution in [3.8, 4) is 0 Å². The zero-order valence-electron chi connectivity index (χ0n) is 23.6. The molecule has 0 unspecified atom stereocenters. The molecule has 0 bridgehead atoms. The van der Waals surface area contributed by atoms with Crippen LogP contribution in [-0.2, 0) is 46.1 Å². The quantitative estimate of drug-likeness (QED) is 0.109. The topological polar surface area (TPSA) is 201 Å². The summed E-state index contributed by atoms with van der Waals surface area (Å²) in [4.78, 5) is 43.8. The Morgan fingerprint density at radius 1 is 0.568 bits per heavy atom. The molecule has 3 rings (SSSR count). The van der Waals surface area contributed by atoms with Crippen LogP contribution >= 0.6 is 7.92 Å². The molecule has 3 aromatic carbocycles. The molecule has 0 aliphatic carbocycles. The smallest absolute Gasteiger partial charge is 0.549 e. The summed E-state index contributed by atoms with van der Waals surface area (Å²) in [5, 5.41) is 45.4. The number of rotatable bonds is 15. The fourth-order valence-corrected chi connectivity index (χ4v) is 7.20. The van der Waals surface area contributed by atoms with Gasteiger partial charge in [0.25, 0.3) is 0 Å². The van der Waals surface area contributed by atoms with Gasteiger partial charge in [-0.2, -0.15) is 0 Å². The molecule has 0 amide bonds. The van der Waals surface area contributed by atoms with Gasteiger partial charge in [-0.25, -0.2) is 8.42 Å². The van der Waals surface area contributed by atoms with Gasteiger partial charge in [0.15, 0.2) is 9.84 Å². The van der Waals surface area contributed by atoms with E-state index in [1.165, 1.54) is 22.2 Å². The number of carboxylic acid groups (broad SMARTS) is 4. The number of carboxylic acids is 4. The Labute approximate surface area is 267 Å². The van der Waals surface area contributed by atoms with Crippen LogP contribution < -0.4 is 36.3 Å². The van der Waals surface area contributed by atoms with Gasteiger partial charge >= 0.3 is 17.1 Å².